The number of fused-ring (bicyclic) bond motifs is 1. The first kappa shape index (κ1) is 16.0. The summed E-state index contributed by atoms with van der Waals surface area (Å²) in [6.45, 7) is 5.12. The summed E-state index contributed by atoms with van der Waals surface area (Å²) in [5.74, 6) is 2.68. The van der Waals surface area contributed by atoms with Crippen molar-refractivity contribution < 1.29 is 14.3 Å². The van der Waals surface area contributed by atoms with Crippen molar-refractivity contribution in [1.82, 2.24) is 5.32 Å². The Morgan fingerprint density at radius 2 is 2.33 bits per heavy atom. The molecule has 5 heteroatoms. The maximum Gasteiger partial charge on any atom is 0.221 e. The largest absolute Gasteiger partial charge is 0.494 e. The van der Waals surface area contributed by atoms with Crippen molar-refractivity contribution in [3.05, 3.63) is 23.3 Å². The Kier molecular flexibility index (Phi) is 5.79. The van der Waals surface area contributed by atoms with Gasteiger partial charge in [0.1, 0.15) is 17.6 Å². The zero-order valence-electron chi connectivity index (χ0n) is 12.9. The highest BCUT2D eigenvalue weighted by Gasteiger charge is 2.21. The van der Waals surface area contributed by atoms with Gasteiger partial charge in [0.15, 0.2) is 0 Å². The standard InChI is InChI=1S/C16H23NO3S/c1-4-19-14-8-12-7-11(2)20-15(12)9-13(14)10-17-16(18)5-6-21-3/h8-9,11H,4-7,10H2,1-3H3,(H,17,18). The van der Waals surface area contributed by atoms with Gasteiger partial charge in [-0.25, -0.2) is 0 Å². The van der Waals surface area contributed by atoms with Crippen LogP contribution in [0.3, 0.4) is 0 Å². The van der Waals surface area contributed by atoms with E-state index in [1.54, 1.807) is 11.8 Å². The lowest BCUT2D eigenvalue weighted by Crippen LogP contribution is -2.23. The quantitative estimate of drug-likeness (QED) is 0.841. The molecule has 0 fully saturated rings. The summed E-state index contributed by atoms with van der Waals surface area (Å²) in [7, 11) is 0. The summed E-state index contributed by atoms with van der Waals surface area (Å²) in [5.41, 5.74) is 2.16. The smallest absolute Gasteiger partial charge is 0.221 e. The Balaban J connectivity index is 2.07. The molecule has 116 valence electrons. The monoisotopic (exact) mass is 309 g/mol. The number of rotatable bonds is 7. The molecule has 0 bridgehead atoms. The van der Waals surface area contributed by atoms with Crippen molar-refractivity contribution in [2.45, 2.75) is 39.3 Å². The van der Waals surface area contributed by atoms with Gasteiger partial charge in [0.25, 0.3) is 0 Å². The summed E-state index contributed by atoms with van der Waals surface area (Å²) in [5, 5.41) is 2.95. The number of benzene rings is 1. The van der Waals surface area contributed by atoms with Crippen molar-refractivity contribution in [3.63, 3.8) is 0 Å². The van der Waals surface area contributed by atoms with Crippen LogP contribution in [0.5, 0.6) is 11.5 Å². The van der Waals surface area contributed by atoms with Gasteiger partial charge in [-0.1, -0.05) is 0 Å². The Morgan fingerprint density at radius 1 is 1.52 bits per heavy atom. The molecule has 1 aliphatic rings. The SMILES string of the molecule is CCOc1cc2c(cc1CNC(=O)CCSC)OC(C)C2. The van der Waals surface area contributed by atoms with Crippen LogP contribution >= 0.6 is 11.8 Å². The minimum Gasteiger partial charge on any atom is -0.494 e. The van der Waals surface area contributed by atoms with Crippen LogP contribution in [-0.2, 0) is 17.8 Å². The van der Waals surface area contributed by atoms with Gasteiger partial charge in [-0.3, -0.25) is 4.79 Å². The lowest BCUT2D eigenvalue weighted by Gasteiger charge is -2.13. The first-order valence-electron chi connectivity index (χ1n) is 7.35. The van der Waals surface area contributed by atoms with Crippen LogP contribution in [-0.4, -0.2) is 30.6 Å². The topological polar surface area (TPSA) is 47.6 Å². The van der Waals surface area contributed by atoms with Gasteiger partial charge in [0.05, 0.1) is 6.61 Å². The van der Waals surface area contributed by atoms with Crippen LogP contribution in [0.1, 0.15) is 31.4 Å². The van der Waals surface area contributed by atoms with Crippen LogP contribution in [0, 0.1) is 0 Å². The summed E-state index contributed by atoms with van der Waals surface area (Å²) >= 11 is 1.67. The molecule has 0 saturated carbocycles. The number of carbonyl (C=O) groups excluding carboxylic acids is 1. The Bertz CT molecular complexity index is 505. The minimum atomic E-state index is 0.0709. The van der Waals surface area contributed by atoms with E-state index in [9.17, 15) is 4.79 Å². The normalized spacial score (nSPS) is 16.2. The number of amides is 1. The van der Waals surface area contributed by atoms with E-state index in [0.717, 1.165) is 29.2 Å². The molecular weight excluding hydrogens is 286 g/mol. The number of carbonyl (C=O) groups is 1. The number of hydrogen-bond donors (Lipinski definition) is 1. The molecule has 1 heterocycles. The van der Waals surface area contributed by atoms with Crippen molar-refractivity contribution in [2.75, 3.05) is 18.6 Å². The van der Waals surface area contributed by atoms with Gasteiger partial charge in [-0.15, -0.1) is 0 Å². The second-order valence-corrected chi connectivity index (χ2v) is 6.14. The number of hydrogen-bond acceptors (Lipinski definition) is 4. The predicted octanol–water partition coefficient (Wildman–Crippen LogP) is 2.78. The van der Waals surface area contributed by atoms with E-state index in [1.165, 1.54) is 5.56 Å². The van der Waals surface area contributed by atoms with Crippen LogP contribution in [0.25, 0.3) is 0 Å². The molecule has 1 aromatic carbocycles. The van der Waals surface area contributed by atoms with Crippen LogP contribution < -0.4 is 14.8 Å². The van der Waals surface area contributed by atoms with E-state index >= 15 is 0 Å². The number of thioether (sulfide) groups is 1. The van der Waals surface area contributed by atoms with Crippen molar-refractivity contribution >= 4 is 17.7 Å². The third kappa shape index (κ3) is 4.30. The molecule has 21 heavy (non-hydrogen) atoms. The second-order valence-electron chi connectivity index (χ2n) is 5.15. The van der Waals surface area contributed by atoms with Gasteiger partial charge in [-0.2, -0.15) is 11.8 Å². The number of ether oxygens (including phenoxy) is 2. The van der Waals surface area contributed by atoms with Gasteiger partial charge >= 0.3 is 0 Å². The molecule has 0 aliphatic carbocycles. The average Bonchev–Trinajstić information content (AvgIpc) is 2.82. The molecule has 1 aliphatic heterocycles. The molecule has 1 unspecified atom stereocenters. The summed E-state index contributed by atoms with van der Waals surface area (Å²) in [4.78, 5) is 11.7. The molecule has 1 N–H and O–H groups in total. The average molecular weight is 309 g/mol. The highest BCUT2D eigenvalue weighted by molar-refractivity contribution is 7.98. The summed E-state index contributed by atoms with van der Waals surface area (Å²) in [6.07, 6.45) is 3.67. The third-order valence-corrected chi connectivity index (χ3v) is 4.00. The van der Waals surface area contributed by atoms with E-state index in [0.29, 0.717) is 19.6 Å². The van der Waals surface area contributed by atoms with E-state index in [-0.39, 0.29) is 12.0 Å². The van der Waals surface area contributed by atoms with E-state index in [4.69, 9.17) is 9.47 Å². The molecule has 0 aromatic heterocycles. The second kappa shape index (κ2) is 7.59. The molecule has 0 radical (unpaired) electrons. The summed E-state index contributed by atoms with van der Waals surface area (Å²) in [6, 6.07) is 4.05. The van der Waals surface area contributed by atoms with E-state index in [2.05, 4.69) is 12.2 Å². The fourth-order valence-corrected chi connectivity index (χ4v) is 2.78. The van der Waals surface area contributed by atoms with Crippen LogP contribution in [0.4, 0.5) is 0 Å². The van der Waals surface area contributed by atoms with Crippen molar-refractivity contribution in [3.8, 4) is 11.5 Å². The fourth-order valence-electron chi connectivity index (χ4n) is 2.39. The lowest BCUT2D eigenvalue weighted by molar-refractivity contribution is -0.120. The molecule has 0 spiro atoms. The molecule has 4 nitrogen and oxygen atoms in total. The van der Waals surface area contributed by atoms with Crippen LogP contribution in [0.15, 0.2) is 12.1 Å². The maximum atomic E-state index is 11.7. The molecule has 0 saturated heterocycles. The fraction of sp³-hybridized carbons (Fsp3) is 0.562. The molecular formula is C16H23NO3S. The first-order valence-corrected chi connectivity index (χ1v) is 8.74. The summed E-state index contributed by atoms with van der Waals surface area (Å²) < 4.78 is 11.5. The number of nitrogens with one attached hydrogen (secondary N) is 1. The van der Waals surface area contributed by atoms with Crippen LogP contribution in [0.2, 0.25) is 0 Å². The molecule has 1 atom stereocenters. The van der Waals surface area contributed by atoms with Crippen molar-refractivity contribution in [2.24, 2.45) is 0 Å². The highest BCUT2D eigenvalue weighted by Crippen LogP contribution is 2.35. The zero-order valence-corrected chi connectivity index (χ0v) is 13.7. The first-order chi connectivity index (χ1) is 10.1. The molecule has 2 rings (SSSR count). The van der Waals surface area contributed by atoms with Gasteiger partial charge < -0.3 is 14.8 Å². The molecule has 1 amide bonds. The Labute approximate surface area is 130 Å². The Morgan fingerprint density at radius 3 is 3.05 bits per heavy atom. The van der Waals surface area contributed by atoms with E-state index < -0.39 is 0 Å². The minimum absolute atomic E-state index is 0.0709. The molecule has 1 aromatic rings. The van der Waals surface area contributed by atoms with E-state index in [1.807, 2.05) is 25.3 Å². The highest BCUT2D eigenvalue weighted by atomic mass is 32.2. The van der Waals surface area contributed by atoms with Gasteiger partial charge in [0.2, 0.25) is 5.91 Å². The van der Waals surface area contributed by atoms with Crippen molar-refractivity contribution in [1.29, 1.82) is 0 Å². The lowest BCUT2D eigenvalue weighted by atomic mass is 10.1. The predicted molar refractivity (Wildman–Crippen MR) is 86.3 cm³/mol. The third-order valence-electron chi connectivity index (χ3n) is 3.39. The van der Waals surface area contributed by atoms with Gasteiger partial charge in [-0.05, 0) is 32.2 Å². The maximum absolute atomic E-state index is 11.7. The van der Waals surface area contributed by atoms with Gasteiger partial charge in [0, 0.05) is 36.3 Å². The zero-order chi connectivity index (χ0) is 15.2. The Hall–Kier alpha value is -1.36.